The van der Waals surface area contributed by atoms with Gasteiger partial charge in [-0.15, -0.1) is 0 Å². The summed E-state index contributed by atoms with van der Waals surface area (Å²) in [5.74, 6) is 0.963. The Morgan fingerprint density at radius 2 is 2.22 bits per heavy atom. The molecule has 0 radical (unpaired) electrons. The lowest BCUT2D eigenvalue weighted by molar-refractivity contribution is 0.0950. The Bertz CT molecular complexity index is 795. The van der Waals surface area contributed by atoms with Gasteiger partial charge >= 0.3 is 0 Å². The molecular weight excluding hydrogens is 292 g/mol. The van der Waals surface area contributed by atoms with Crippen LogP contribution in [0.3, 0.4) is 0 Å². The van der Waals surface area contributed by atoms with E-state index in [1.165, 1.54) is 0 Å². The summed E-state index contributed by atoms with van der Waals surface area (Å²) in [4.78, 5) is 24.5. The monoisotopic (exact) mass is 312 g/mol. The van der Waals surface area contributed by atoms with Crippen molar-refractivity contribution in [1.82, 2.24) is 9.88 Å². The molecule has 0 fully saturated rings. The van der Waals surface area contributed by atoms with Crippen molar-refractivity contribution < 1.29 is 9.53 Å². The number of aromatic nitrogens is 1. The summed E-state index contributed by atoms with van der Waals surface area (Å²) in [5.41, 5.74) is 2.17. The maximum atomic E-state index is 12.3. The maximum Gasteiger partial charge on any atom is 0.255 e. The van der Waals surface area contributed by atoms with Crippen molar-refractivity contribution in [1.29, 1.82) is 0 Å². The molecule has 3 rings (SSSR count). The van der Waals surface area contributed by atoms with Gasteiger partial charge in [0.2, 0.25) is 0 Å². The van der Waals surface area contributed by atoms with Crippen LogP contribution in [0.4, 0.5) is 0 Å². The van der Waals surface area contributed by atoms with E-state index in [0.29, 0.717) is 30.2 Å². The fourth-order valence-corrected chi connectivity index (χ4v) is 2.76. The largest absolute Gasteiger partial charge is 0.493 e. The highest BCUT2D eigenvalue weighted by Crippen LogP contribution is 2.33. The lowest BCUT2D eigenvalue weighted by Gasteiger charge is -2.09. The predicted molar refractivity (Wildman–Crippen MR) is 87.9 cm³/mol. The first kappa shape index (κ1) is 15.3. The van der Waals surface area contributed by atoms with Crippen molar-refractivity contribution in [2.75, 3.05) is 6.61 Å². The Morgan fingerprint density at radius 3 is 3.00 bits per heavy atom. The van der Waals surface area contributed by atoms with Gasteiger partial charge in [-0.2, -0.15) is 0 Å². The Kier molecular flexibility index (Phi) is 4.19. The molecule has 0 unspecified atom stereocenters. The molecule has 1 aromatic heterocycles. The number of amides is 1. The van der Waals surface area contributed by atoms with E-state index in [0.717, 1.165) is 11.3 Å². The van der Waals surface area contributed by atoms with E-state index < -0.39 is 0 Å². The number of carbonyl (C=O) groups excluding carboxylic acids is 1. The first-order valence-electron chi connectivity index (χ1n) is 7.83. The third-order valence-corrected chi connectivity index (χ3v) is 4.17. The SMILES string of the molecule is CCn1cccc(CNC(=O)c2ccc3c(c2)[C@@H](C)CO3)c1=O. The highest BCUT2D eigenvalue weighted by atomic mass is 16.5. The second-order valence-corrected chi connectivity index (χ2v) is 5.77. The molecule has 0 saturated heterocycles. The second-order valence-electron chi connectivity index (χ2n) is 5.77. The maximum absolute atomic E-state index is 12.3. The molecule has 1 amide bonds. The summed E-state index contributed by atoms with van der Waals surface area (Å²) in [6.07, 6.45) is 1.75. The molecule has 1 aromatic carbocycles. The van der Waals surface area contributed by atoms with Crippen LogP contribution in [0.25, 0.3) is 0 Å². The molecule has 2 heterocycles. The lowest BCUT2D eigenvalue weighted by atomic mass is 10.0. The van der Waals surface area contributed by atoms with Gasteiger partial charge in [-0.25, -0.2) is 0 Å². The topological polar surface area (TPSA) is 60.3 Å². The summed E-state index contributed by atoms with van der Waals surface area (Å²) in [6, 6.07) is 9.02. The predicted octanol–water partition coefficient (Wildman–Crippen LogP) is 2.29. The molecule has 0 bridgehead atoms. The van der Waals surface area contributed by atoms with Gasteiger partial charge in [0, 0.05) is 41.9 Å². The van der Waals surface area contributed by atoms with Crippen molar-refractivity contribution >= 4 is 5.91 Å². The molecule has 120 valence electrons. The Labute approximate surface area is 134 Å². The van der Waals surface area contributed by atoms with Gasteiger partial charge in [-0.1, -0.05) is 13.0 Å². The number of benzene rings is 1. The van der Waals surface area contributed by atoms with E-state index in [-0.39, 0.29) is 18.0 Å². The van der Waals surface area contributed by atoms with Crippen molar-refractivity contribution in [2.24, 2.45) is 0 Å². The number of hydrogen-bond acceptors (Lipinski definition) is 3. The zero-order valence-corrected chi connectivity index (χ0v) is 13.3. The molecule has 2 aromatic rings. The number of pyridine rings is 1. The molecular formula is C18H20N2O3. The van der Waals surface area contributed by atoms with Crippen molar-refractivity contribution in [3.63, 3.8) is 0 Å². The number of ether oxygens (including phenoxy) is 1. The van der Waals surface area contributed by atoms with Gasteiger partial charge in [0.25, 0.3) is 11.5 Å². The summed E-state index contributed by atoms with van der Waals surface area (Å²) in [7, 11) is 0. The minimum Gasteiger partial charge on any atom is -0.493 e. The minimum atomic E-state index is -0.182. The summed E-state index contributed by atoms with van der Waals surface area (Å²) >= 11 is 0. The van der Waals surface area contributed by atoms with Crippen LogP contribution in [0.1, 0.15) is 41.3 Å². The first-order valence-corrected chi connectivity index (χ1v) is 7.83. The summed E-state index contributed by atoms with van der Waals surface area (Å²) < 4.78 is 7.16. The van der Waals surface area contributed by atoms with Gasteiger partial charge in [-0.3, -0.25) is 9.59 Å². The van der Waals surface area contributed by atoms with E-state index >= 15 is 0 Å². The Balaban J connectivity index is 1.73. The van der Waals surface area contributed by atoms with Gasteiger partial charge < -0.3 is 14.6 Å². The molecule has 1 aliphatic heterocycles. The van der Waals surface area contributed by atoms with Crippen LogP contribution in [0.2, 0.25) is 0 Å². The highest BCUT2D eigenvalue weighted by molar-refractivity contribution is 5.94. The van der Waals surface area contributed by atoms with Gasteiger partial charge in [-0.05, 0) is 31.2 Å². The average Bonchev–Trinajstić information content (AvgIpc) is 2.94. The molecule has 23 heavy (non-hydrogen) atoms. The van der Waals surface area contributed by atoms with Crippen LogP contribution >= 0.6 is 0 Å². The number of rotatable bonds is 4. The number of nitrogens with one attached hydrogen (secondary N) is 1. The Hall–Kier alpha value is -2.56. The number of fused-ring (bicyclic) bond motifs is 1. The van der Waals surface area contributed by atoms with Gasteiger partial charge in [0.05, 0.1) is 6.61 Å². The quantitative estimate of drug-likeness (QED) is 0.942. The standard InChI is InChI=1S/C18H20N2O3/c1-3-20-8-4-5-14(18(20)22)10-19-17(21)13-6-7-16-15(9-13)12(2)11-23-16/h4-9,12H,3,10-11H2,1-2H3,(H,19,21)/t12-/m0/s1. The molecule has 1 atom stereocenters. The van der Waals surface area contributed by atoms with Gasteiger partial charge in [0.1, 0.15) is 5.75 Å². The molecule has 0 spiro atoms. The zero-order valence-electron chi connectivity index (χ0n) is 13.3. The molecule has 1 aliphatic rings. The normalized spacial score (nSPS) is 15.8. The number of hydrogen-bond donors (Lipinski definition) is 1. The third kappa shape index (κ3) is 2.99. The Morgan fingerprint density at radius 1 is 1.39 bits per heavy atom. The minimum absolute atomic E-state index is 0.0636. The summed E-state index contributed by atoms with van der Waals surface area (Å²) in [6.45, 7) is 5.48. The zero-order chi connectivity index (χ0) is 16.4. The molecule has 1 N–H and O–H groups in total. The smallest absolute Gasteiger partial charge is 0.255 e. The molecule has 5 heteroatoms. The molecule has 5 nitrogen and oxygen atoms in total. The van der Waals surface area contributed by atoms with Crippen LogP contribution in [0.5, 0.6) is 5.75 Å². The van der Waals surface area contributed by atoms with Crippen LogP contribution in [-0.2, 0) is 13.1 Å². The molecule has 0 saturated carbocycles. The van der Waals surface area contributed by atoms with Crippen molar-refractivity contribution in [2.45, 2.75) is 32.9 Å². The van der Waals surface area contributed by atoms with E-state index in [1.807, 2.05) is 25.1 Å². The lowest BCUT2D eigenvalue weighted by Crippen LogP contribution is -2.29. The summed E-state index contributed by atoms with van der Waals surface area (Å²) in [5, 5.41) is 2.82. The van der Waals surface area contributed by atoms with Crippen molar-refractivity contribution in [3.05, 3.63) is 63.6 Å². The van der Waals surface area contributed by atoms with E-state index in [2.05, 4.69) is 12.2 Å². The number of nitrogens with zero attached hydrogens (tertiary/aromatic N) is 1. The van der Waals surface area contributed by atoms with E-state index in [1.54, 1.807) is 22.9 Å². The van der Waals surface area contributed by atoms with Gasteiger partial charge in [0.15, 0.2) is 0 Å². The number of carbonyl (C=O) groups is 1. The van der Waals surface area contributed by atoms with Crippen LogP contribution in [-0.4, -0.2) is 17.1 Å². The van der Waals surface area contributed by atoms with E-state index in [4.69, 9.17) is 4.74 Å². The molecule has 0 aliphatic carbocycles. The first-order chi connectivity index (χ1) is 11.1. The third-order valence-electron chi connectivity index (χ3n) is 4.17. The van der Waals surface area contributed by atoms with Crippen LogP contribution < -0.4 is 15.6 Å². The van der Waals surface area contributed by atoms with E-state index in [9.17, 15) is 9.59 Å². The average molecular weight is 312 g/mol. The fraction of sp³-hybridized carbons (Fsp3) is 0.333. The van der Waals surface area contributed by atoms with Crippen LogP contribution in [0.15, 0.2) is 41.3 Å². The highest BCUT2D eigenvalue weighted by Gasteiger charge is 2.21. The van der Waals surface area contributed by atoms with Crippen molar-refractivity contribution in [3.8, 4) is 5.75 Å². The van der Waals surface area contributed by atoms with Crippen LogP contribution in [0, 0.1) is 0 Å². The fourth-order valence-electron chi connectivity index (χ4n) is 2.76. The number of aryl methyl sites for hydroxylation is 1. The second kappa shape index (κ2) is 6.28.